The Morgan fingerprint density at radius 2 is 1.95 bits per heavy atom. The van der Waals surface area contributed by atoms with Gasteiger partial charge in [0.25, 0.3) is 0 Å². The molecule has 2 rings (SSSR count). The van der Waals surface area contributed by atoms with E-state index in [2.05, 4.69) is 61.3 Å². The van der Waals surface area contributed by atoms with Crippen LogP contribution in [0.4, 0.5) is 0 Å². The summed E-state index contributed by atoms with van der Waals surface area (Å²) < 4.78 is 0. The van der Waals surface area contributed by atoms with Gasteiger partial charge in [0.15, 0.2) is 0 Å². The standard InChI is InChI=1S/C17H28N2/c1-14(2)11-15(3)18-17-9-10-19(13-17)12-16-7-5-4-6-8-16/h4-8,14-15,17-18H,9-13H2,1-3H3. The predicted octanol–water partition coefficient (Wildman–Crippen LogP) is 3.29. The zero-order valence-corrected chi connectivity index (χ0v) is 12.6. The summed E-state index contributed by atoms with van der Waals surface area (Å²) in [5.41, 5.74) is 1.43. The summed E-state index contributed by atoms with van der Waals surface area (Å²) >= 11 is 0. The highest BCUT2D eigenvalue weighted by molar-refractivity contribution is 5.14. The monoisotopic (exact) mass is 260 g/mol. The van der Waals surface area contributed by atoms with E-state index in [4.69, 9.17) is 0 Å². The van der Waals surface area contributed by atoms with Crippen LogP contribution in [0.15, 0.2) is 30.3 Å². The third-order valence-corrected chi connectivity index (χ3v) is 3.87. The number of nitrogens with zero attached hydrogens (tertiary/aromatic N) is 1. The van der Waals surface area contributed by atoms with Gasteiger partial charge >= 0.3 is 0 Å². The minimum absolute atomic E-state index is 0.640. The number of rotatable bonds is 6. The molecule has 0 aromatic heterocycles. The zero-order valence-electron chi connectivity index (χ0n) is 12.6. The summed E-state index contributed by atoms with van der Waals surface area (Å²) in [5, 5.41) is 3.78. The third kappa shape index (κ3) is 4.96. The second-order valence-corrected chi connectivity index (χ2v) is 6.40. The minimum Gasteiger partial charge on any atom is -0.310 e. The predicted molar refractivity (Wildman–Crippen MR) is 82.2 cm³/mol. The van der Waals surface area contributed by atoms with E-state index in [9.17, 15) is 0 Å². The molecule has 0 aliphatic carbocycles. The first-order chi connectivity index (χ1) is 9.13. The average molecular weight is 260 g/mol. The number of benzene rings is 1. The van der Waals surface area contributed by atoms with E-state index in [1.54, 1.807) is 0 Å². The van der Waals surface area contributed by atoms with Crippen molar-refractivity contribution < 1.29 is 0 Å². The van der Waals surface area contributed by atoms with Crippen LogP contribution >= 0.6 is 0 Å². The van der Waals surface area contributed by atoms with Gasteiger partial charge in [0, 0.05) is 31.7 Å². The van der Waals surface area contributed by atoms with E-state index < -0.39 is 0 Å². The van der Waals surface area contributed by atoms with Gasteiger partial charge in [0.1, 0.15) is 0 Å². The molecule has 2 atom stereocenters. The van der Waals surface area contributed by atoms with Crippen molar-refractivity contribution >= 4 is 0 Å². The Kier molecular flexibility index (Phi) is 5.41. The molecule has 1 aromatic carbocycles. The van der Waals surface area contributed by atoms with Gasteiger partial charge in [-0.1, -0.05) is 44.2 Å². The third-order valence-electron chi connectivity index (χ3n) is 3.87. The quantitative estimate of drug-likeness (QED) is 0.844. The lowest BCUT2D eigenvalue weighted by Gasteiger charge is -2.21. The lowest BCUT2D eigenvalue weighted by Crippen LogP contribution is -2.39. The Balaban J connectivity index is 1.74. The Labute approximate surface area is 118 Å². The van der Waals surface area contributed by atoms with Crippen LogP contribution in [-0.4, -0.2) is 30.1 Å². The fourth-order valence-corrected chi connectivity index (χ4v) is 3.13. The van der Waals surface area contributed by atoms with Gasteiger partial charge in [0.2, 0.25) is 0 Å². The largest absolute Gasteiger partial charge is 0.310 e. The maximum Gasteiger partial charge on any atom is 0.0234 e. The van der Waals surface area contributed by atoms with E-state index in [1.165, 1.54) is 31.5 Å². The highest BCUT2D eigenvalue weighted by Gasteiger charge is 2.23. The van der Waals surface area contributed by atoms with Crippen molar-refractivity contribution in [1.82, 2.24) is 10.2 Å². The Hall–Kier alpha value is -0.860. The van der Waals surface area contributed by atoms with Gasteiger partial charge in [0.05, 0.1) is 0 Å². The maximum atomic E-state index is 3.78. The molecule has 19 heavy (non-hydrogen) atoms. The Bertz CT molecular complexity index is 361. The van der Waals surface area contributed by atoms with E-state index in [1.807, 2.05) is 0 Å². The van der Waals surface area contributed by atoms with Gasteiger partial charge < -0.3 is 5.32 Å². The molecule has 106 valence electrons. The molecule has 0 bridgehead atoms. The fourth-order valence-electron chi connectivity index (χ4n) is 3.13. The number of nitrogens with one attached hydrogen (secondary N) is 1. The van der Waals surface area contributed by atoms with E-state index in [-0.39, 0.29) is 0 Å². The van der Waals surface area contributed by atoms with Gasteiger partial charge in [-0.15, -0.1) is 0 Å². The summed E-state index contributed by atoms with van der Waals surface area (Å²) in [4.78, 5) is 2.56. The highest BCUT2D eigenvalue weighted by Crippen LogP contribution is 2.15. The van der Waals surface area contributed by atoms with Crippen LogP contribution in [0.3, 0.4) is 0 Å². The van der Waals surface area contributed by atoms with Crippen LogP contribution in [-0.2, 0) is 6.54 Å². The van der Waals surface area contributed by atoms with E-state index >= 15 is 0 Å². The van der Waals surface area contributed by atoms with Crippen molar-refractivity contribution in [2.45, 2.75) is 52.2 Å². The molecule has 1 saturated heterocycles. The Morgan fingerprint density at radius 1 is 1.21 bits per heavy atom. The van der Waals surface area contributed by atoms with Crippen molar-refractivity contribution in [2.75, 3.05) is 13.1 Å². The van der Waals surface area contributed by atoms with E-state index in [0.717, 1.165) is 12.5 Å². The molecule has 2 nitrogen and oxygen atoms in total. The lowest BCUT2D eigenvalue weighted by atomic mass is 10.0. The van der Waals surface area contributed by atoms with Gasteiger partial charge in [-0.25, -0.2) is 0 Å². The first-order valence-corrected chi connectivity index (χ1v) is 7.66. The molecule has 0 saturated carbocycles. The molecule has 1 aromatic rings. The van der Waals surface area contributed by atoms with Crippen molar-refractivity contribution in [3.8, 4) is 0 Å². The normalized spacial score (nSPS) is 22.0. The molecule has 0 radical (unpaired) electrons. The summed E-state index contributed by atoms with van der Waals surface area (Å²) in [6.45, 7) is 10.4. The molecule has 1 N–H and O–H groups in total. The van der Waals surface area contributed by atoms with Crippen LogP contribution in [0, 0.1) is 5.92 Å². The van der Waals surface area contributed by atoms with Crippen molar-refractivity contribution in [3.05, 3.63) is 35.9 Å². The topological polar surface area (TPSA) is 15.3 Å². The van der Waals surface area contributed by atoms with E-state index in [0.29, 0.717) is 12.1 Å². The molecule has 1 heterocycles. The van der Waals surface area contributed by atoms with Crippen molar-refractivity contribution in [1.29, 1.82) is 0 Å². The summed E-state index contributed by atoms with van der Waals surface area (Å²) in [6.07, 6.45) is 2.56. The summed E-state index contributed by atoms with van der Waals surface area (Å²) in [5.74, 6) is 0.782. The first kappa shape index (κ1) is 14.5. The molecular formula is C17H28N2. The molecule has 0 spiro atoms. The molecule has 1 aliphatic heterocycles. The molecule has 2 heteroatoms. The Morgan fingerprint density at radius 3 is 2.63 bits per heavy atom. The number of hydrogen-bond acceptors (Lipinski definition) is 2. The van der Waals surface area contributed by atoms with Crippen LogP contribution in [0.1, 0.15) is 39.2 Å². The molecular weight excluding hydrogens is 232 g/mol. The zero-order chi connectivity index (χ0) is 13.7. The van der Waals surface area contributed by atoms with Gasteiger partial charge in [-0.05, 0) is 31.2 Å². The van der Waals surface area contributed by atoms with Crippen LogP contribution in [0.2, 0.25) is 0 Å². The fraction of sp³-hybridized carbons (Fsp3) is 0.647. The van der Waals surface area contributed by atoms with Crippen molar-refractivity contribution in [3.63, 3.8) is 0 Å². The summed E-state index contributed by atoms with van der Waals surface area (Å²) in [7, 11) is 0. The number of likely N-dealkylation sites (tertiary alicyclic amines) is 1. The second-order valence-electron chi connectivity index (χ2n) is 6.40. The van der Waals surface area contributed by atoms with Gasteiger partial charge in [-0.2, -0.15) is 0 Å². The maximum absolute atomic E-state index is 3.78. The van der Waals surface area contributed by atoms with Gasteiger partial charge in [-0.3, -0.25) is 4.90 Å². The molecule has 1 fully saturated rings. The molecule has 1 aliphatic rings. The highest BCUT2D eigenvalue weighted by atomic mass is 15.2. The second kappa shape index (κ2) is 7.06. The summed E-state index contributed by atoms with van der Waals surface area (Å²) in [6, 6.07) is 12.1. The lowest BCUT2D eigenvalue weighted by molar-refractivity contribution is 0.311. The minimum atomic E-state index is 0.640. The molecule has 2 unspecified atom stereocenters. The average Bonchev–Trinajstić information content (AvgIpc) is 2.76. The first-order valence-electron chi connectivity index (χ1n) is 7.66. The van der Waals surface area contributed by atoms with Crippen molar-refractivity contribution in [2.24, 2.45) is 5.92 Å². The van der Waals surface area contributed by atoms with Crippen LogP contribution in [0.25, 0.3) is 0 Å². The van der Waals surface area contributed by atoms with Crippen LogP contribution < -0.4 is 5.32 Å². The SMILES string of the molecule is CC(C)CC(C)NC1CCN(Cc2ccccc2)C1. The smallest absolute Gasteiger partial charge is 0.0234 e. The molecule has 0 amide bonds. The van der Waals surface area contributed by atoms with Crippen LogP contribution in [0.5, 0.6) is 0 Å². The number of hydrogen-bond donors (Lipinski definition) is 1.